The number of hydrogen-bond acceptors (Lipinski definition) is 4. The zero-order valence-electron chi connectivity index (χ0n) is 15.4. The number of hydrogen-bond donors (Lipinski definition) is 2. The van der Waals surface area contributed by atoms with Crippen molar-refractivity contribution in [1.29, 1.82) is 0 Å². The van der Waals surface area contributed by atoms with Crippen molar-refractivity contribution in [3.05, 3.63) is 45.5 Å². The van der Waals surface area contributed by atoms with Gasteiger partial charge in [0.15, 0.2) is 0 Å². The van der Waals surface area contributed by atoms with Crippen molar-refractivity contribution in [2.75, 3.05) is 11.4 Å². The molecule has 28 heavy (non-hydrogen) atoms. The predicted molar refractivity (Wildman–Crippen MR) is 105 cm³/mol. The van der Waals surface area contributed by atoms with Crippen LogP contribution >= 0.6 is 0 Å². The molecule has 7 heteroatoms. The van der Waals surface area contributed by atoms with E-state index in [0.29, 0.717) is 23.3 Å². The molecule has 3 aliphatic rings. The second kappa shape index (κ2) is 6.17. The van der Waals surface area contributed by atoms with Crippen LogP contribution in [-0.4, -0.2) is 34.3 Å². The molecule has 2 aliphatic heterocycles. The second-order valence-electron chi connectivity index (χ2n) is 8.03. The molecule has 2 atom stereocenters. The number of nitrogens with zero attached hydrogens (tertiary/aromatic N) is 2. The highest BCUT2D eigenvalue weighted by Crippen LogP contribution is 2.42. The number of aromatic nitrogens is 1. The topological polar surface area (TPSA) is 88.6 Å². The van der Waals surface area contributed by atoms with E-state index >= 15 is 4.39 Å². The lowest BCUT2D eigenvalue weighted by atomic mass is 9.97. The van der Waals surface area contributed by atoms with Gasteiger partial charge in [0.25, 0.3) is 0 Å². The Morgan fingerprint density at radius 3 is 2.75 bits per heavy atom. The number of rotatable bonds is 2. The molecule has 0 radical (unpaired) electrons. The fourth-order valence-electron chi connectivity index (χ4n) is 4.74. The SMILES string of the molecule is N[C@@H]1CCN2c3c(F)cc4c(=O)c(C(=O)O)cn(C5CC5)c4c3/C=C\CC[C@H]12. The minimum atomic E-state index is -1.28. The van der Waals surface area contributed by atoms with E-state index in [9.17, 15) is 14.7 Å². The fourth-order valence-corrected chi connectivity index (χ4v) is 4.74. The highest BCUT2D eigenvalue weighted by molar-refractivity contribution is 5.98. The molecule has 0 spiro atoms. The summed E-state index contributed by atoms with van der Waals surface area (Å²) in [6.07, 6.45) is 9.66. The molecule has 3 heterocycles. The van der Waals surface area contributed by atoms with Gasteiger partial charge in [-0.05, 0) is 38.2 Å². The summed E-state index contributed by atoms with van der Waals surface area (Å²) in [5, 5.41) is 9.58. The number of nitrogens with two attached hydrogens (primary N) is 1. The summed E-state index contributed by atoms with van der Waals surface area (Å²) in [4.78, 5) is 26.4. The third-order valence-corrected chi connectivity index (χ3v) is 6.25. The van der Waals surface area contributed by atoms with E-state index in [-0.39, 0.29) is 29.1 Å². The minimum Gasteiger partial charge on any atom is -0.477 e. The van der Waals surface area contributed by atoms with Gasteiger partial charge in [0.1, 0.15) is 11.4 Å². The third kappa shape index (κ3) is 2.49. The van der Waals surface area contributed by atoms with Crippen LogP contribution in [0.1, 0.15) is 54.1 Å². The van der Waals surface area contributed by atoms with Gasteiger partial charge in [-0.2, -0.15) is 0 Å². The van der Waals surface area contributed by atoms with Crippen molar-refractivity contribution >= 4 is 28.6 Å². The number of aromatic carboxylic acids is 1. The van der Waals surface area contributed by atoms with Crippen LogP contribution in [0.4, 0.5) is 10.1 Å². The lowest BCUT2D eigenvalue weighted by molar-refractivity contribution is 0.0695. The van der Waals surface area contributed by atoms with Gasteiger partial charge in [0, 0.05) is 36.4 Å². The van der Waals surface area contributed by atoms with E-state index in [2.05, 4.69) is 0 Å². The summed E-state index contributed by atoms with van der Waals surface area (Å²) in [5.41, 5.74) is 7.12. The van der Waals surface area contributed by atoms with Crippen molar-refractivity contribution in [3.63, 3.8) is 0 Å². The average Bonchev–Trinajstić information content (AvgIpc) is 3.41. The molecule has 6 nitrogen and oxygen atoms in total. The number of fused-ring (bicyclic) bond motifs is 5. The van der Waals surface area contributed by atoms with Crippen LogP contribution in [-0.2, 0) is 0 Å². The number of pyridine rings is 1. The largest absolute Gasteiger partial charge is 0.477 e. The summed E-state index contributed by atoms with van der Waals surface area (Å²) < 4.78 is 17.2. The zero-order chi connectivity index (χ0) is 19.6. The summed E-state index contributed by atoms with van der Waals surface area (Å²) >= 11 is 0. The van der Waals surface area contributed by atoms with Gasteiger partial charge in [-0.25, -0.2) is 9.18 Å². The van der Waals surface area contributed by atoms with Crippen LogP contribution in [0.25, 0.3) is 17.0 Å². The summed E-state index contributed by atoms with van der Waals surface area (Å²) in [6.45, 7) is 0.677. The first-order valence-electron chi connectivity index (χ1n) is 9.80. The Bertz CT molecular complexity index is 1090. The molecule has 0 amide bonds. The molecule has 1 saturated heterocycles. The Labute approximate surface area is 161 Å². The quantitative estimate of drug-likeness (QED) is 0.833. The van der Waals surface area contributed by atoms with Crippen molar-refractivity contribution in [2.24, 2.45) is 5.73 Å². The number of benzene rings is 1. The molecule has 1 aromatic carbocycles. The Morgan fingerprint density at radius 2 is 2.04 bits per heavy atom. The van der Waals surface area contributed by atoms with Gasteiger partial charge in [-0.1, -0.05) is 12.2 Å². The lowest BCUT2D eigenvalue weighted by Crippen LogP contribution is -2.40. The van der Waals surface area contributed by atoms with Crippen molar-refractivity contribution in [2.45, 2.75) is 50.2 Å². The average molecular weight is 383 g/mol. The van der Waals surface area contributed by atoms with Crippen LogP contribution in [0, 0.1) is 5.82 Å². The highest BCUT2D eigenvalue weighted by atomic mass is 19.1. The number of carboxylic acid groups (broad SMARTS) is 1. The van der Waals surface area contributed by atoms with Crippen LogP contribution in [0.2, 0.25) is 0 Å². The monoisotopic (exact) mass is 383 g/mol. The summed E-state index contributed by atoms with van der Waals surface area (Å²) in [5.74, 6) is -1.77. The normalized spacial score (nSPS) is 25.1. The van der Waals surface area contributed by atoms with Gasteiger partial charge in [0.05, 0.1) is 16.6 Å². The maximum atomic E-state index is 15.3. The maximum Gasteiger partial charge on any atom is 0.341 e. The molecule has 0 bridgehead atoms. The molecule has 146 valence electrons. The first-order chi connectivity index (χ1) is 13.5. The van der Waals surface area contributed by atoms with Gasteiger partial charge in [0.2, 0.25) is 5.43 Å². The van der Waals surface area contributed by atoms with E-state index in [1.807, 2.05) is 21.6 Å². The molecule has 1 aromatic heterocycles. The molecule has 1 aliphatic carbocycles. The van der Waals surface area contributed by atoms with E-state index in [4.69, 9.17) is 5.73 Å². The molecular formula is C21H22FN3O3. The van der Waals surface area contributed by atoms with E-state index in [1.165, 1.54) is 12.3 Å². The van der Waals surface area contributed by atoms with E-state index in [1.54, 1.807) is 0 Å². The summed E-state index contributed by atoms with van der Waals surface area (Å²) in [7, 11) is 0. The molecule has 1 saturated carbocycles. The third-order valence-electron chi connectivity index (χ3n) is 6.25. The summed E-state index contributed by atoms with van der Waals surface area (Å²) in [6, 6.07) is 1.42. The van der Waals surface area contributed by atoms with E-state index < -0.39 is 17.2 Å². The minimum absolute atomic E-state index is 0.00513. The van der Waals surface area contributed by atoms with Gasteiger partial charge in [-0.15, -0.1) is 0 Å². The Balaban J connectivity index is 1.88. The van der Waals surface area contributed by atoms with E-state index in [0.717, 1.165) is 32.1 Å². The van der Waals surface area contributed by atoms with Gasteiger partial charge >= 0.3 is 5.97 Å². The molecule has 2 fully saturated rings. The Hall–Kier alpha value is -2.67. The molecular weight excluding hydrogens is 361 g/mol. The van der Waals surface area contributed by atoms with Gasteiger partial charge < -0.3 is 20.3 Å². The zero-order valence-corrected chi connectivity index (χ0v) is 15.4. The molecule has 5 rings (SSSR count). The first kappa shape index (κ1) is 17.4. The highest BCUT2D eigenvalue weighted by Gasteiger charge is 2.36. The number of anilines is 1. The Kier molecular flexibility index (Phi) is 3.84. The second-order valence-corrected chi connectivity index (χ2v) is 8.03. The van der Waals surface area contributed by atoms with Crippen molar-refractivity contribution in [3.8, 4) is 0 Å². The Morgan fingerprint density at radius 1 is 1.25 bits per heavy atom. The number of allylic oxidation sites excluding steroid dienone is 1. The van der Waals surface area contributed by atoms with Crippen LogP contribution in [0.3, 0.4) is 0 Å². The number of carbonyl (C=O) groups is 1. The smallest absolute Gasteiger partial charge is 0.341 e. The van der Waals surface area contributed by atoms with Crippen molar-refractivity contribution < 1.29 is 14.3 Å². The standard InChI is InChI=1S/C21H22FN3O3/c22-15-9-13-18(25(11-5-6-11)10-14(20(13)26)21(27)28)12-3-1-2-4-17-16(23)7-8-24(17)19(12)15/h1,3,9-11,16-17H,2,4-8,23H2,(H,27,28)/b3-1-/t16-,17-/m1/s1. The maximum absolute atomic E-state index is 15.3. The number of halogens is 1. The molecule has 0 unspecified atom stereocenters. The fraction of sp³-hybridized carbons (Fsp3) is 0.429. The number of carboxylic acids is 1. The van der Waals surface area contributed by atoms with Crippen molar-refractivity contribution in [1.82, 2.24) is 4.57 Å². The molecule has 3 N–H and O–H groups in total. The van der Waals surface area contributed by atoms with Gasteiger partial charge in [-0.3, -0.25) is 4.79 Å². The van der Waals surface area contributed by atoms with Crippen LogP contribution in [0.15, 0.2) is 23.1 Å². The first-order valence-corrected chi connectivity index (χ1v) is 9.80. The van der Waals surface area contributed by atoms with Crippen LogP contribution in [0.5, 0.6) is 0 Å². The predicted octanol–water partition coefficient (Wildman–Crippen LogP) is 2.89. The van der Waals surface area contributed by atoms with Crippen LogP contribution < -0.4 is 16.1 Å². The molecule has 2 aromatic rings. The lowest BCUT2D eigenvalue weighted by Gasteiger charge is -2.32.